The van der Waals surface area contributed by atoms with Gasteiger partial charge in [-0.25, -0.2) is 4.98 Å². The van der Waals surface area contributed by atoms with Gasteiger partial charge in [0.15, 0.2) is 21.7 Å². The van der Waals surface area contributed by atoms with Crippen molar-refractivity contribution in [1.29, 1.82) is 0 Å². The Bertz CT molecular complexity index is 940. The molecule has 0 atom stereocenters. The van der Waals surface area contributed by atoms with Crippen molar-refractivity contribution in [3.8, 4) is 0 Å². The molecule has 0 amide bonds. The third-order valence-corrected chi connectivity index (χ3v) is 4.48. The van der Waals surface area contributed by atoms with Crippen molar-refractivity contribution in [2.75, 3.05) is 17.6 Å². The van der Waals surface area contributed by atoms with Crippen molar-refractivity contribution in [1.82, 2.24) is 19.5 Å². The molecule has 3 aromatic rings. The van der Waals surface area contributed by atoms with Crippen LogP contribution in [0, 0.1) is 10.1 Å². The average Bonchev–Trinajstić information content (AvgIpc) is 2.92. The van der Waals surface area contributed by atoms with Crippen LogP contribution in [-0.2, 0) is 6.54 Å². The van der Waals surface area contributed by atoms with E-state index in [0.717, 1.165) is 24.9 Å². The second kappa shape index (κ2) is 7.65. The van der Waals surface area contributed by atoms with E-state index in [9.17, 15) is 10.1 Å². The SMILES string of the molecule is CCCCNc1nc(N)c2nc(Br)n(Cc3ccc([N+](=O)[O-])cc3)c2n1. The summed E-state index contributed by atoms with van der Waals surface area (Å²) in [6.45, 7) is 3.31. The Morgan fingerprint density at radius 3 is 2.65 bits per heavy atom. The number of nitrogens with zero attached hydrogens (tertiary/aromatic N) is 5. The van der Waals surface area contributed by atoms with E-state index in [4.69, 9.17) is 5.73 Å². The maximum atomic E-state index is 10.8. The van der Waals surface area contributed by atoms with Crippen LogP contribution >= 0.6 is 15.9 Å². The zero-order valence-corrected chi connectivity index (χ0v) is 15.7. The number of hydrogen-bond donors (Lipinski definition) is 2. The smallest absolute Gasteiger partial charge is 0.269 e. The first-order chi connectivity index (χ1) is 12.5. The van der Waals surface area contributed by atoms with E-state index in [2.05, 4.69) is 43.1 Å². The third kappa shape index (κ3) is 3.74. The molecule has 0 aliphatic carbocycles. The molecule has 0 aliphatic rings. The molecule has 3 N–H and O–H groups in total. The predicted octanol–water partition coefficient (Wildman–Crippen LogP) is 3.34. The van der Waals surface area contributed by atoms with Gasteiger partial charge in [0.25, 0.3) is 5.69 Å². The Morgan fingerprint density at radius 2 is 2.00 bits per heavy atom. The van der Waals surface area contributed by atoms with Crippen LogP contribution in [-0.4, -0.2) is 31.0 Å². The summed E-state index contributed by atoms with van der Waals surface area (Å²) < 4.78 is 2.41. The van der Waals surface area contributed by atoms with Gasteiger partial charge < -0.3 is 11.1 Å². The molecule has 0 spiro atoms. The van der Waals surface area contributed by atoms with Crippen molar-refractivity contribution in [2.24, 2.45) is 0 Å². The van der Waals surface area contributed by atoms with Gasteiger partial charge in [-0.2, -0.15) is 9.97 Å². The van der Waals surface area contributed by atoms with Gasteiger partial charge in [0.1, 0.15) is 0 Å². The van der Waals surface area contributed by atoms with E-state index in [0.29, 0.717) is 34.2 Å². The van der Waals surface area contributed by atoms with Crippen LogP contribution in [0.4, 0.5) is 17.5 Å². The lowest BCUT2D eigenvalue weighted by molar-refractivity contribution is -0.384. The number of unbranched alkanes of at least 4 members (excludes halogenated alkanes) is 1. The third-order valence-electron chi connectivity index (χ3n) is 3.88. The molecule has 0 fully saturated rings. The van der Waals surface area contributed by atoms with E-state index in [1.807, 2.05) is 4.57 Å². The van der Waals surface area contributed by atoms with Crippen LogP contribution in [0.15, 0.2) is 29.0 Å². The fraction of sp³-hybridized carbons (Fsp3) is 0.312. The van der Waals surface area contributed by atoms with Gasteiger partial charge >= 0.3 is 0 Å². The highest BCUT2D eigenvalue weighted by atomic mass is 79.9. The van der Waals surface area contributed by atoms with Crippen molar-refractivity contribution < 1.29 is 4.92 Å². The van der Waals surface area contributed by atoms with Crippen molar-refractivity contribution in [2.45, 2.75) is 26.3 Å². The highest BCUT2D eigenvalue weighted by molar-refractivity contribution is 9.10. The number of nitro groups is 1. The number of non-ortho nitro benzene ring substituents is 1. The molecule has 0 aliphatic heterocycles. The zero-order chi connectivity index (χ0) is 18.7. The van der Waals surface area contributed by atoms with E-state index < -0.39 is 4.92 Å². The fourth-order valence-electron chi connectivity index (χ4n) is 2.50. The van der Waals surface area contributed by atoms with Gasteiger partial charge in [-0.15, -0.1) is 0 Å². The molecule has 0 radical (unpaired) electrons. The molecule has 0 bridgehead atoms. The Hall–Kier alpha value is -2.75. The average molecular weight is 420 g/mol. The molecular weight excluding hydrogens is 402 g/mol. The number of aromatic nitrogens is 4. The number of anilines is 2. The zero-order valence-electron chi connectivity index (χ0n) is 14.1. The van der Waals surface area contributed by atoms with E-state index in [1.165, 1.54) is 12.1 Å². The van der Waals surface area contributed by atoms with Gasteiger partial charge in [0, 0.05) is 18.7 Å². The number of fused-ring (bicyclic) bond motifs is 1. The Kier molecular flexibility index (Phi) is 5.31. The first-order valence-corrected chi connectivity index (χ1v) is 8.95. The quantitative estimate of drug-likeness (QED) is 0.260. The summed E-state index contributed by atoms with van der Waals surface area (Å²) in [5, 5.41) is 14.0. The number of nitrogens with two attached hydrogens (primary N) is 1. The summed E-state index contributed by atoms with van der Waals surface area (Å²) in [4.78, 5) is 23.5. The van der Waals surface area contributed by atoms with Crippen molar-refractivity contribution >= 4 is 44.5 Å². The summed E-state index contributed by atoms with van der Waals surface area (Å²) in [6, 6.07) is 6.37. The van der Waals surface area contributed by atoms with Gasteiger partial charge in [-0.3, -0.25) is 14.7 Å². The van der Waals surface area contributed by atoms with Gasteiger partial charge in [-0.05, 0) is 27.9 Å². The number of nitro benzene ring substituents is 1. The van der Waals surface area contributed by atoms with Crippen molar-refractivity contribution in [3.05, 3.63) is 44.7 Å². The lowest BCUT2D eigenvalue weighted by Crippen LogP contribution is -2.08. The maximum absolute atomic E-state index is 10.8. The molecule has 26 heavy (non-hydrogen) atoms. The van der Waals surface area contributed by atoms with E-state index in [-0.39, 0.29) is 5.69 Å². The molecule has 0 unspecified atom stereocenters. The number of nitrogen functional groups attached to an aromatic ring is 1. The molecule has 9 nitrogen and oxygen atoms in total. The van der Waals surface area contributed by atoms with Crippen molar-refractivity contribution in [3.63, 3.8) is 0 Å². The summed E-state index contributed by atoms with van der Waals surface area (Å²) in [6.07, 6.45) is 2.07. The van der Waals surface area contributed by atoms with E-state index in [1.54, 1.807) is 12.1 Å². The minimum atomic E-state index is -0.422. The van der Waals surface area contributed by atoms with Gasteiger partial charge in [-0.1, -0.05) is 25.5 Å². The van der Waals surface area contributed by atoms with Gasteiger partial charge in [0.2, 0.25) is 5.95 Å². The lowest BCUT2D eigenvalue weighted by Gasteiger charge is -2.08. The number of benzene rings is 1. The number of nitrogens with one attached hydrogen (secondary N) is 1. The number of rotatable bonds is 7. The normalized spacial score (nSPS) is 11.0. The minimum Gasteiger partial charge on any atom is -0.382 e. The van der Waals surface area contributed by atoms with Crippen LogP contribution in [0.25, 0.3) is 11.2 Å². The summed E-state index contributed by atoms with van der Waals surface area (Å²) in [5.41, 5.74) is 8.08. The Morgan fingerprint density at radius 1 is 1.27 bits per heavy atom. The molecule has 0 saturated carbocycles. The van der Waals surface area contributed by atoms with Crippen LogP contribution in [0.3, 0.4) is 0 Å². The molecule has 1 aromatic carbocycles. The molecule has 3 rings (SSSR count). The number of imidazole rings is 1. The molecule has 136 valence electrons. The molecule has 2 aromatic heterocycles. The van der Waals surface area contributed by atoms with Gasteiger partial charge in [0.05, 0.1) is 11.5 Å². The number of hydrogen-bond acceptors (Lipinski definition) is 7. The van der Waals surface area contributed by atoms with Crippen LogP contribution in [0.2, 0.25) is 0 Å². The topological polar surface area (TPSA) is 125 Å². The Balaban J connectivity index is 1.93. The van der Waals surface area contributed by atoms with Crippen LogP contribution in [0.5, 0.6) is 0 Å². The lowest BCUT2D eigenvalue weighted by atomic mass is 10.2. The first kappa shape index (κ1) is 18.1. The first-order valence-electron chi connectivity index (χ1n) is 8.16. The highest BCUT2D eigenvalue weighted by Crippen LogP contribution is 2.25. The largest absolute Gasteiger partial charge is 0.382 e. The molecular formula is C16H18BrN7O2. The standard InChI is InChI=1S/C16H18BrN7O2/c1-2-3-8-19-16-21-13(18)12-14(22-16)23(15(17)20-12)9-10-4-6-11(7-5-10)24(25)26/h4-7H,2-3,8-9H2,1H3,(H3,18,19,21,22). The Labute approximate surface area is 157 Å². The summed E-state index contributed by atoms with van der Waals surface area (Å²) in [5.74, 6) is 0.762. The second-order valence-electron chi connectivity index (χ2n) is 5.78. The molecule has 0 saturated heterocycles. The predicted molar refractivity (Wildman–Crippen MR) is 103 cm³/mol. The molecule has 10 heteroatoms. The highest BCUT2D eigenvalue weighted by Gasteiger charge is 2.16. The van der Waals surface area contributed by atoms with E-state index >= 15 is 0 Å². The maximum Gasteiger partial charge on any atom is 0.269 e. The monoisotopic (exact) mass is 419 g/mol. The summed E-state index contributed by atoms with van der Waals surface area (Å²) >= 11 is 3.43. The molecule has 2 heterocycles. The number of halogens is 1. The fourth-order valence-corrected chi connectivity index (χ4v) is 2.97. The second-order valence-corrected chi connectivity index (χ2v) is 6.48. The minimum absolute atomic E-state index is 0.0530. The van der Waals surface area contributed by atoms with Crippen LogP contribution in [0.1, 0.15) is 25.3 Å². The summed E-state index contributed by atoms with van der Waals surface area (Å²) in [7, 11) is 0. The van der Waals surface area contributed by atoms with Crippen LogP contribution < -0.4 is 11.1 Å².